The SMILES string of the molecule is O=C(O)CSC1=NC2C=C(F)C(N3CCOCC3)=CC2=N1. The van der Waals surface area contributed by atoms with E-state index < -0.39 is 12.0 Å². The first kappa shape index (κ1) is 14.3. The van der Waals surface area contributed by atoms with E-state index in [1.165, 1.54) is 6.08 Å². The second-order valence-corrected chi connectivity index (χ2v) is 5.66. The molecule has 0 saturated carbocycles. The highest BCUT2D eigenvalue weighted by Gasteiger charge is 2.29. The Morgan fingerprint density at radius 1 is 1.52 bits per heavy atom. The molecule has 0 aromatic heterocycles. The summed E-state index contributed by atoms with van der Waals surface area (Å²) in [5.74, 6) is -1.34. The summed E-state index contributed by atoms with van der Waals surface area (Å²) >= 11 is 1.04. The number of aliphatic carboxylic acids is 1. The second kappa shape index (κ2) is 5.98. The van der Waals surface area contributed by atoms with Crippen molar-refractivity contribution in [2.24, 2.45) is 9.98 Å². The molecule has 1 fully saturated rings. The molecule has 6 nitrogen and oxygen atoms in total. The van der Waals surface area contributed by atoms with Gasteiger partial charge in [-0.2, -0.15) is 0 Å². The Labute approximate surface area is 125 Å². The number of morpholine rings is 1. The van der Waals surface area contributed by atoms with Crippen LogP contribution in [0.2, 0.25) is 0 Å². The Kier molecular flexibility index (Phi) is 4.07. The minimum Gasteiger partial charge on any atom is -0.481 e. The van der Waals surface area contributed by atoms with Gasteiger partial charge in [0.15, 0.2) is 5.17 Å². The fraction of sp³-hybridized carbons (Fsp3) is 0.462. The van der Waals surface area contributed by atoms with E-state index in [0.29, 0.717) is 42.9 Å². The molecule has 2 aliphatic heterocycles. The van der Waals surface area contributed by atoms with Crippen LogP contribution < -0.4 is 0 Å². The predicted molar refractivity (Wildman–Crippen MR) is 78.4 cm³/mol. The third-order valence-corrected chi connectivity index (χ3v) is 4.13. The number of halogens is 1. The summed E-state index contributed by atoms with van der Waals surface area (Å²) in [4.78, 5) is 21.0. The number of carboxylic acid groups (broad SMARTS) is 1. The van der Waals surface area contributed by atoms with Gasteiger partial charge in [0.25, 0.3) is 0 Å². The summed E-state index contributed by atoms with van der Waals surface area (Å²) in [6.45, 7) is 2.45. The van der Waals surface area contributed by atoms with Gasteiger partial charge in [0.1, 0.15) is 11.9 Å². The van der Waals surface area contributed by atoms with Gasteiger partial charge in [0.2, 0.25) is 0 Å². The minimum absolute atomic E-state index is 0.103. The molecule has 0 radical (unpaired) electrons. The molecule has 1 N–H and O–H groups in total. The van der Waals surface area contributed by atoms with Gasteiger partial charge in [-0.25, -0.2) is 14.4 Å². The number of ether oxygens (including phenoxy) is 1. The molecule has 3 aliphatic rings. The van der Waals surface area contributed by atoms with Crippen molar-refractivity contribution in [3.8, 4) is 0 Å². The van der Waals surface area contributed by atoms with E-state index in [4.69, 9.17) is 9.84 Å². The monoisotopic (exact) mass is 311 g/mol. The highest BCUT2D eigenvalue weighted by atomic mass is 32.2. The Morgan fingerprint density at radius 2 is 2.29 bits per heavy atom. The maximum Gasteiger partial charge on any atom is 0.313 e. The highest BCUT2D eigenvalue weighted by Crippen LogP contribution is 2.28. The van der Waals surface area contributed by atoms with Crippen LogP contribution in [0.15, 0.2) is 33.7 Å². The van der Waals surface area contributed by atoms with Crippen LogP contribution in [0.3, 0.4) is 0 Å². The van der Waals surface area contributed by atoms with Crippen LogP contribution in [-0.4, -0.2) is 65.0 Å². The highest BCUT2D eigenvalue weighted by molar-refractivity contribution is 8.14. The first-order valence-electron chi connectivity index (χ1n) is 6.56. The van der Waals surface area contributed by atoms with E-state index >= 15 is 0 Å². The molecule has 1 atom stereocenters. The molecule has 1 aliphatic carbocycles. The topological polar surface area (TPSA) is 74.5 Å². The molecule has 0 aromatic rings. The average molecular weight is 311 g/mol. The van der Waals surface area contributed by atoms with Crippen LogP contribution in [0.1, 0.15) is 0 Å². The van der Waals surface area contributed by atoms with Gasteiger partial charge < -0.3 is 14.7 Å². The number of rotatable bonds is 3. The molecule has 0 amide bonds. The number of carbonyl (C=O) groups is 1. The quantitative estimate of drug-likeness (QED) is 0.844. The van der Waals surface area contributed by atoms with Crippen LogP contribution >= 0.6 is 11.8 Å². The van der Waals surface area contributed by atoms with Crippen LogP contribution in [-0.2, 0) is 9.53 Å². The maximum absolute atomic E-state index is 14.2. The van der Waals surface area contributed by atoms with Crippen molar-refractivity contribution in [3.05, 3.63) is 23.7 Å². The van der Waals surface area contributed by atoms with Gasteiger partial charge in [-0.1, -0.05) is 11.8 Å². The summed E-state index contributed by atoms with van der Waals surface area (Å²) < 4.78 is 19.5. The van der Waals surface area contributed by atoms with E-state index in [9.17, 15) is 9.18 Å². The fourth-order valence-corrected chi connectivity index (χ4v) is 2.92. The first-order valence-corrected chi connectivity index (χ1v) is 7.55. The average Bonchev–Trinajstić information content (AvgIpc) is 2.87. The summed E-state index contributed by atoms with van der Waals surface area (Å²) in [7, 11) is 0. The predicted octanol–water partition coefficient (Wildman–Crippen LogP) is 1.07. The Morgan fingerprint density at radius 3 is 3.00 bits per heavy atom. The lowest BCUT2D eigenvalue weighted by Crippen LogP contribution is -2.37. The third kappa shape index (κ3) is 3.16. The number of fused-ring (bicyclic) bond motifs is 1. The zero-order chi connectivity index (χ0) is 14.8. The number of nitrogens with zero attached hydrogens (tertiary/aromatic N) is 3. The van der Waals surface area contributed by atoms with Crippen molar-refractivity contribution in [2.75, 3.05) is 32.1 Å². The molecule has 0 aromatic carbocycles. The summed E-state index contributed by atoms with van der Waals surface area (Å²) in [6, 6.07) is -0.439. The molecule has 8 heteroatoms. The molecular weight excluding hydrogens is 297 g/mol. The van der Waals surface area contributed by atoms with E-state index in [1.807, 2.05) is 4.90 Å². The Hall–Kier alpha value is -1.67. The van der Waals surface area contributed by atoms with E-state index in [1.54, 1.807) is 6.08 Å². The zero-order valence-corrected chi connectivity index (χ0v) is 12.0. The largest absolute Gasteiger partial charge is 0.481 e. The third-order valence-electron chi connectivity index (χ3n) is 3.29. The van der Waals surface area contributed by atoms with E-state index in [-0.39, 0.29) is 11.6 Å². The minimum atomic E-state index is -0.927. The molecule has 3 rings (SSSR count). The summed E-state index contributed by atoms with van der Waals surface area (Å²) in [5, 5.41) is 9.05. The number of thioether (sulfide) groups is 1. The Balaban J connectivity index is 1.75. The first-order chi connectivity index (χ1) is 10.1. The number of amidine groups is 1. The summed E-state index contributed by atoms with van der Waals surface area (Å²) in [5.41, 5.74) is 1.17. The zero-order valence-electron chi connectivity index (χ0n) is 11.2. The number of hydrogen-bond donors (Lipinski definition) is 1. The molecule has 2 heterocycles. The van der Waals surface area contributed by atoms with Gasteiger partial charge in [-0.3, -0.25) is 4.79 Å². The van der Waals surface area contributed by atoms with Gasteiger partial charge in [-0.15, -0.1) is 0 Å². The van der Waals surface area contributed by atoms with Crippen molar-refractivity contribution in [2.45, 2.75) is 6.04 Å². The molecule has 1 unspecified atom stereocenters. The molecule has 21 heavy (non-hydrogen) atoms. The second-order valence-electron chi connectivity index (χ2n) is 4.72. The summed E-state index contributed by atoms with van der Waals surface area (Å²) in [6.07, 6.45) is 3.13. The van der Waals surface area contributed by atoms with Crippen molar-refractivity contribution < 1.29 is 19.0 Å². The molecule has 0 bridgehead atoms. The standard InChI is InChI=1S/C13H14FN3O3S/c14-8-5-9-10(16-13(15-9)21-7-12(18)19)6-11(8)17-1-3-20-4-2-17/h5-6,9H,1-4,7H2,(H,18,19). The normalized spacial score (nSPS) is 24.8. The lowest BCUT2D eigenvalue weighted by molar-refractivity contribution is -0.133. The van der Waals surface area contributed by atoms with Gasteiger partial charge in [0.05, 0.1) is 30.4 Å². The molecule has 112 valence electrons. The lowest BCUT2D eigenvalue weighted by Gasteiger charge is -2.31. The van der Waals surface area contributed by atoms with Crippen LogP contribution in [0.5, 0.6) is 0 Å². The Bertz CT molecular complexity index is 579. The van der Waals surface area contributed by atoms with Crippen LogP contribution in [0.25, 0.3) is 0 Å². The van der Waals surface area contributed by atoms with Crippen LogP contribution in [0.4, 0.5) is 4.39 Å². The van der Waals surface area contributed by atoms with E-state index in [2.05, 4.69) is 9.98 Å². The van der Waals surface area contributed by atoms with E-state index in [0.717, 1.165) is 11.8 Å². The lowest BCUT2D eigenvalue weighted by atomic mass is 10.0. The number of hydrogen-bond acceptors (Lipinski definition) is 6. The van der Waals surface area contributed by atoms with Gasteiger partial charge in [0, 0.05) is 13.1 Å². The van der Waals surface area contributed by atoms with Gasteiger partial charge in [-0.05, 0) is 12.2 Å². The number of carboxylic acids is 1. The smallest absolute Gasteiger partial charge is 0.313 e. The molecule has 1 saturated heterocycles. The van der Waals surface area contributed by atoms with Crippen molar-refractivity contribution in [3.63, 3.8) is 0 Å². The maximum atomic E-state index is 14.2. The van der Waals surface area contributed by atoms with Crippen molar-refractivity contribution >= 4 is 28.6 Å². The van der Waals surface area contributed by atoms with Gasteiger partial charge >= 0.3 is 5.97 Å². The van der Waals surface area contributed by atoms with Crippen molar-refractivity contribution in [1.29, 1.82) is 0 Å². The van der Waals surface area contributed by atoms with Crippen LogP contribution in [0, 0.1) is 0 Å². The molecular formula is C13H14FN3O3S. The number of allylic oxidation sites excluding steroid dienone is 1. The van der Waals surface area contributed by atoms with Crippen molar-refractivity contribution in [1.82, 2.24) is 4.90 Å². The fourth-order valence-electron chi connectivity index (χ4n) is 2.31. The molecule has 0 spiro atoms. The number of aliphatic imine (C=N–C) groups is 2.